The third-order valence-electron chi connectivity index (χ3n) is 3.40. The molecule has 1 heterocycles. The highest BCUT2D eigenvalue weighted by Crippen LogP contribution is 2.26. The lowest BCUT2D eigenvalue weighted by molar-refractivity contribution is 0.415. The molecule has 1 aromatic rings. The van der Waals surface area contributed by atoms with Crippen molar-refractivity contribution in [3.63, 3.8) is 0 Å². The normalized spacial score (nSPS) is 17.4. The maximum absolute atomic E-state index is 12.3. The van der Waals surface area contributed by atoms with Gasteiger partial charge in [0.05, 0.1) is 18.5 Å². The summed E-state index contributed by atoms with van der Waals surface area (Å²) in [5.41, 5.74) is 6.57. The number of nitrogens with zero attached hydrogens (tertiary/aromatic N) is 1. The van der Waals surface area contributed by atoms with Crippen LogP contribution in [0.15, 0.2) is 18.2 Å². The second-order valence-corrected chi connectivity index (χ2v) is 6.54. The van der Waals surface area contributed by atoms with E-state index in [1.165, 1.54) is 11.4 Å². The number of hydrogen-bond donors (Lipinski definition) is 2. The summed E-state index contributed by atoms with van der Waals surface area (Å²) in [6.45, 7) is 1.12. The van der Waals surface area contributed by atoms with Crippen molar-refractivity contribution in [3.8, 4) is 5.75 Å². The van der Waals surface area contributed by atoms with Crippen molar-refractivity contribution in [3.05, 3.63) is 18.2 Å². The molecule has 1 fully saturated rings. The molecule has 2 rings (SSSR count). The van der Waals surface area contributed by atoms with Crippen molar-refractivity contribution in [2.75, 3.05) is 30.7 Å². The van der Waals surface area contributed by atoms with Gasteiger partial charge in [-0.2, -0.15) is 12.7 Å². The van der Waals surface area contributed by atoms with Crippen molar-refractivity contribution >= 4 is 21.6 Å². The SMILES string of the molecule is COc1ccc(NS(=O)(=O)N2CCCCCC2)c(N)c1. The van der Waals surface area contributed by atoms with Gasteiger partial charge in [-0.3, -0.25) is 4.72 Å². The first kappa shape index (κ1) is 14.9. The predicted molar refractivity (Wildman–Crippen MR) is 80.0 cm³/mol. The van der Waals surface area contributed by atoms with Crippen LogP contribution >= 0.6 is 0 Å². The van der Waals surface area contributed by atoms with E-state index in [9.17, 15) is 8.42 Å². The zero-order valence-electron chi connectivity index (χ0n) is 11.6. The topological polar surface area (TPSA) is 84.7 Å². The molecule has 1 aliphatic rings. The highest BCUT2D eigenvalue weighted by molar-refractivity contribution is 7.90. The van der Waals surface area contributed by atoms with E-state index >= 15 is 0 Å². The Hall–Kier alpha value is -1.47. The van der Waals surface area contributed by atoms with Gasteiger partial charge in [0.2, 0.25) is 0 Å². The monoisotopic (exact) mass is 299 g/mol. The molecule has 1 aliphatic heterocycles. The minimum Gasteiger partial charge on any atom is -0.497 e. The van der Waals surface area contributed by atoms with Gasteiger partial charge in [-0.1, -0.05) is 12.8 Å². The van der Waals surface area contributed by atoms with Crippen molar-refractivity contribution in [1.82, 2.24) is 4.31 Å². The van der Waals surface area contributed by atoms with E-state index in [0.29, 0.717) is 30.2 Å². The quantitative estimate of drug-likeness (QED) is 0.830. The lowest BCUT2D eigenvalue weighted by atomic mass is 10.2. The molecule has 0 atom stereocenters. The number of nitrogen functional groups attached to an aromatic ring is 1. The second-order valence-electron chi connectivity index (χ2n) is 4.87. The minimum absolute atomic E-state index is 0.350. The molecule has 1 aromatic carbocycles. The summed E-state index contributed by atoms with van der Waals surface area (Å²) in [5.74, 6) is 0.597. The predicted octanol–water partition coefficient (Wildman–Crippen LogP) is 1.81. The van der Waals surface area contributed by atoms with Gasteiger partial charge in [0.15, 0.2) is 0 Å². The number of nitrogens with one attached hydrogen (secondary N) is 1. The average Bonchev–Trinajstić information content (AvgIpc) is 2.70. The Morgan fingerprint density at radius 1 is 1.20 bits per heavy atom. The van der Waals surface area contributed by atoms with Crippen LogP contribution < -0.4 is 15.2 Å². The Labute approximate surface area is 120 Å². The molecular formula is C13H21N3O3S. The van der Waals surface area contributed by atoms with Gasteiger partial charge in [0.25, 0.3) is 0 Å². The maximum atomic E-state index is 12.3. The Morgan fingerprint density at radius 2 is 1.85 bits per heavy atom. The van der Waals surface area contributed by atoms with Gasteiger partial charge in [-0.05, 0) is 25.0 Å². The van der Waals surface area contributed by atoms with E-state index in [0.717, 1.165) is 25.7 Å². The van der Waals surface area contributed by atoms with Crippen LogP contribution in [0.2, 0.25) is 0 Å². The van der Waals surface area contributed by atoms with Crippen LogP contribution in [0.4, 0.5) is 11.4 Å². The summed E-state index contributed by atoms with van der Waals surface area (Å²) in [4.78, 5) is 0. The van der Waals surface area contributed by atoms with Crippen molar-refractivity contribution < 1.29 is 13.2 Å². The molecule has 0 saturated carbocycles. The molecule has 0 radical (unpaired) electrons. The number of methoxy groups -OCH3 is 1. The van der Waals surface area contributed by atoms with Crippen molar-refractivity contribution in [1.29, 1.82) is 0 Å². The van der Waals surface area contributed by atoms with Gasteiger partial charge >= 0.3 is 10.2 Å². The summed E-state index contributed by atoms with van der Waals surface area (Å²) < 4.78 is 33.8. The van der Waals surface area contributed by atoms with Crippen LogP contribution in [0, 0.1) is 0 Å². The van der Waals surface area contributed by atoms with E-state index in [-0.39, 0.29) is 0 Å². The molecule has 0 unspecified atom stereocenters. The maximum Gasteiger partial charge on any atom is 0.301 e. The van der Waals surface area contributed by atoms with Crippen LogP contribution in [-0.2, 0) is 10.2 Å². The van der Waals surface area contributed by atoms with Gasteiger partial charge in [0, 0.05) is 19.2 Å². The molecule has 0 spiro atoms. The second kappa shape index (κ2) is 6.32. The lowest BCUT2D eigenvalue weighted by Gasteiger charge is -2.21. The van der Waals surface area contributed by atoms with Gasteiger partial charge in [0.1, 0.15) is 5.75 Å². The molecule has 1 saturated heterocycles. The number of rotatable bonds is 4. The van der Waals surface area contributed by atoms with E-state index in [1.807, 2.05) is 0 Å². The first-order valence-corrected chi connectivity index (χ1v) is 8.18. The fourth-order valence-corrected chi connectivity index (χ4v) is 3.58. The summed E-state index contributed by atoms with van der Waals surface area (Å²) in [6.07, 6.45) is 3.96. The fourth-order valence-electron chi connectivity index (χ4n) is 2.25. The highest BCUT2D eigenvalue weighted by atomic mass is 32.2. The number of nitrogens with two attached hydrogens (primary N) is 1. The lowest BCUT2D eigenvalue weighted by Crippen LogP contribution is -2.36. The molecule has 0 bridgehead atoms. The van der Waals surface area contributed by atoms with Crippen LogP contribution in [0.5, 0.6) is 5.75 Å². The molecule has 0 amide bonds. The Morgan fingerprint density at radius 3 is 2.40 bits per heavy atom. The zero-order valence-corrected chi connectivity index (χ0v) is 12.4. The van der Waals surface area contributed by atoms with Crippen LogP contribution in [-0.4, -0.2) is 32.9 Å². The molecule has 6 nitrogen and oxygen atoms in total. The smallest absolute Gasteiger partial charge is 0.301 e. The minimum atomic E-state index is -3.54. The highest BCUT2D eigenvalue weighted by Gasteiger charge is 2.23. The third-order valence-corrected chi connectivity index (χ3v) is 4.93. The molecule has 3 N–H and O–H groups in total. The van der Waals surface area contributed by atoms with Crippen LogP contribution in [0.25, 0.3) is 0 Å². The van der Waals surface area contributed by atoms with Gasteiger partial charge in [-0.25, -0.2) is 0 Å². The van der Waals surface area contributed by atoms with Crippen LogP contribution in [0.1, 0.15) is 25.7 Å². The third kappa shape index (κ3) is 3.55. The summed E-state index contributed by atoms with van der Waals surface area (Å²) >= 11 is 0. The van der Waals surface area contributed by atoms with E-state index in [4.69, 9.17) is 10.5 Å². The Kier molecular flexibility index (Phi) is 4.72. The Bertz CT molecular complexity index is 552. The molecule has 7 heteroatoms. The fraction of sp³-hybridized carbons (Fsp3) is 0.538. The first-order valence-electron chi connectivity index (χ1n) is 6.74. The van der Waals surface area contributed by atoms with Crippen molar-refractivity contribution in [2.24, 2.45) is 0 Å². The number of ether oxygens (including phenoxy) is 1. The first-order chi connectivity index (χ1) is 9.53. The van der Waals surface area contributed by atoms with Crippen LogP contribution in [0.3, 0.4) is 0 Å². The summed E-state index contributed by atoms with van der Waals surface area (Å²) in [5, 5.41) is 0. The summed E-state index contributed by atoms with van der Waals surface area (Å²) in [7, 11) is -2.00. The van der Waals surface area contributed by atoms with E-state index < -0.39 is 10.2 Å². The van der Waals surface area contributed by atoms with Crippen molar-refractivity contribution in [2.45, 2.75) is 25.7 Å². The standard InChI is InChI=1S/C13H21N3O3S/c1-19-11-6-7-13(12(14)10-11)15-20(17,18)16-8-4-2-3-5-9-16/h6-7,10,15H,2-5,8-9,14H2,1H3. The molecule has 20 heavy (non-hydrogen) atoms. The molecule has 0 aromatic heterocycles. The zero-order chi connectivity index (χ0) is 14.6. The largest absolute Gasteiger partial charge is 0.497 e. The van der Waals surface area contributed by atoms with E-state index in [2.05, 4.69) is 4.72 Å². The molecular weight excluding hydrogens is 278 g/mol. The number of benzene rings is 1. The summed E-state index contributed by atoms with van der Waals surface area (Å²) in [6, 6.07) is 4.89. The number of hydrogen-bond acceptors (Lipinski definition) is 4. The van der Waals surface area contributed by atoms with E-state index in [1.54, 1.807) is 18.2 Å². The van der Waals surface area contributed by atoms with Gasteiger partial charge in [-0.15, -0.1) is 0 Å². The molecule has 112 valence electrons. The van der Waals surface area contributed by atoms with Gasteiger partial charge < -0.3 is 10.5 Å². The Balaban J connectivity index is 2.15. The number of anilines is 2. The average molecular weight is 299 g/mol. The molecule has 0 aliphatic carbocycles.